The molecule has 0 unspecified atom stereocenters. The van der Waals surface area contributed by atoms with Crippen LogP contribution in [-0.2, 0) is 0 Å². The molecule has 0 atom stereocenters. The normalized spacial score (nSPS) is 18.1. The molecular weight excluding hydrogens is 197 g/mol. The van der Waals surface area contributed by atoms with Gasteiger partial charge in [-0.15, -0.1) is 0 Å². The second kappa shape index (κ2) is 3.17. The van der Waals surface area contributed by atoms with Crippen LogP contribution in [0, 0.1) is 10.1 Å². The fourth-order valence-electron chi connectivity index (χ4n) is 1.11. The van der Waals surface area contributed by atoms with Gasteiger partial charge in [-0.05, 0) is 0 Å². The maximum atomic E-state index is 10.3. The van der Waals surface area contributed by atoms with Gasteiger partial charge in [0.25, 0.3) is 0 Å². The molecule has 10 heavy (non-hydrogen) atoms. The van der Waals surface area contributed by atoms with Crippen molar-refractivity contribution in [3.05, 3.63) is 20.3 Å². The van der Waals surface area contributed by atoms with Gasteiger partial charge in [-0.3, -0.25) is 0 Å². The Balaban J connectivity index is 2.78. The van der Waals surface area contributed by atoms with Crippen molar-refractivity contribution in [2.45, 2.75) is 25.1 Å². The zero-order valence-corrected chi connectivity index (χ0v) is 7.51. The van der Waals surface area contributed by atoms with Crippen LogP contribution in [0.25, 0.3) is 0 Å². The molecule has 0 aromatic carbocycles. The quantitative estimate of drug-likeness (QED) is 0.389. The van der Waals surface area contributed by atoms with Crippen molar-refractivity contribution in [1.82, 2.24) is 0 Å². The third-order valence-corrected chi connectivity index (χ3v) is 3.56. The Labute approximate surface area is 65.8 Å². The van der Waals surface area contributed by atoms with Gasteiger partial charge in [-0.1, -0.05) is 0 Å². The summed E-state index contributed by atoms with van der Waals surface area (Å²) < 4.78 is 1.11. The van der Waals surface area contributed by atoms with Crippen LogP contribution in [0.1, 0.15) is 19.3 Å². The molecule has 0 bridgehead atoms. The van der Waals surface area contributed by atoms with Crippen LogP contribution in [0.5, 0.6) is 0 Å². The average molecular weight is 206 g/mol. The Bertz CT molecular complexity index is 188. The molecule has 0 aliphatic heterocycles. The molecule has 0 saturated carbocycles. The van der Waals surface area contributed by atoms with Crippen molar-refractivity contribution in [2.75, 3.05) is 0 Å². The fourth-order valence-corrected chi connectivity index (χ4v) is 2.71. The number of rotatable bonds is 2. The number of hydrogen-bond donors (Lipinski definition) is 0. The van der Waals surface area contributed by atoms with Gasteiger partial charge in [-0.25, -0.2) is 0 Å². The van der Waals surface area contributed by atoms with Gasteiger partial charge in [-0.2, -0.15) is 0 Å². The van der Waals surface area contributed by atoms with Gasteiger partial charge >= 0.3 is 65.2 Å². The summed E-state index contributed by atoms with van der Waals surface area (Å²) in [5.41, 5.74) is 0.502. The van der Waals surface area contributed by atoms with Gasteiger partial charge in [0, 0.05) is 0 Å². The Morgan fingerprint density at radius 3 is 2.70 bits per heavy atom. The summed E-state index contributed by atoms with van der Waals surface area (Å²) in [5.74, 6) is 2.04. The summed E-state index contributed by atoms with van der Waals surface area (Å²) in [5, 5.41) is 10.3. The van der Waals surface area contributed by atoms with Crippen molar-refractivity contribution in [3.63, 3.8) is 0 Å². The molecule has 0 radical (unpaired) electrons. The van der Waals surface area contributed by atoms with E-state index in [9.17, 15) is 10.1 Å². The van der Waals surface area contributed by atoms with E-state index in [1.807, 2.05) is 5.82 Å². The number of allylic oxidation sites excluding steroid dienone is 2. The van der Waals surface area contributed by atoms with E-state index in [0.717, 1.165) is 17.3 Å². The predicted octanol–water partition coefficient (Wildman–Crippen LogP) is 1.41. The van der Waals surface area contributed by atoms with Gasteiger partial charge in [0.05, 0.1) is 0 Å². The van der Waals surface area contributed by atoms with E-state index in [1.54, 1.807) is 0 Å². The molecular formula is C6H9NO2Se. The van der Waals surface area contributed by atoms with Crippen LogP contribution in [-0.4, -0.2) is 19.9 Å². The number of nitro groups is 1. The molecule has 1 aliphatic rings. The Hall–Kier alpha value is -0.341. The summed E-state index contributed by atoms with van der Waals surface area (Å²) in [6.45, 7) is 0. The molecule has 56 valence electrons. The first kappa shape index (κ1) is 7.76. The molecule has 0 aromatic heterocycles. The van der Waals surface area contributed by atoms with Crippen LogP contribution < -0.4 is 0 Å². The molecule has 1 rings (SSSR count). The number of hydrogen-bond acceptors (Lipinski definition) is 2. The second-order valence-corrected chi connectivity index (χ2v) is 4.08. The molecule has 0 saturated heterocycles. The summed E-state index contributed by atoms with van der Waals surface area (Å²) in [6, 6.07) is 0. The first-order chi connectivity index (χ1) is 4.75. The van der Waals surface area contributed by atoms with Crippen molar-refractivity contribution >= 4 is 15.0 Å². The van der Waals surface area contributed by atoms with Crippen LogP contribution in [0.2, 0.25) is 5.82 Å². The molecule has 0 N–H and O–H groups in total. The molecule has 1 aliphatic carbocycles. The third kappa shape index (κ3) is 1.39. The zero-order chi connectivity index (χ0) is 7.56. The monoisotopic (exact) mass is 207 g/mol. The van der Waals surface area contributed by atoms with Gasteiger partial charge < -0.3 is 0 Å². The predicted molar refractivity (Wildman–Crippen MR) is 39.5 cm³/mol. The topological polar surface area (TPSA) is 43.1 Å². The standard InChI is InChI=1S/C6H9NO2Se/c1-10-6-4-2-3-5(6)7(8)9/h2-4H2,1H3. The van der Waals surface area contributed by atoms with Crippen molar-refractivity contribution < 1.29 is 4.92 Å². The summed E-state index contributed by atoms with van der Waals surface area (Å²) >= 11 is 0.346. The molecule has 0 heterocycles. The maximum absolute atomic E-state index is 10.3. The minimum atomic E-state index is -0.215. The summed E-state index contributed by atoms with van der Waals surface area (Å²) in [6.07, 6.45) is 2.64. The fraction of sp³-hybridized carbons (Fsp3) is 0.667. The van der Waals surface area contributed by atoms with Crippen LogP contribution in [0.15, 0.2) is 10.2 Å². The molecule has 0 aromatic rings. The third-order valence-electron chi connectivity index (χ3n) is 1.61. The van der Waals surface area contributed by atoms with Crippen LogP contribution in [0.4, 0.5) is 0 Å². The Kier molecular flexibility index (Phi) is 2.46. The van der Waals surface area contributed by atoms with Gasteiger partial charge in [0.1, 0.15) is 0 Å². The van der Waals surface area contributed by atoms with E-state index < -0.39 is 0 Å². The first-order valence-electron chi connectivity index (χ1n) is 3.16. The van der Waals surface area contributed by atoms with Crippen molar-refractivity contribution in [2.24, 2.45) is 0 Å². The Morgan fingerprint density at radius 1 is 1.60 bits per heavy atom. The van der Waals surface area contributed by atoms with Crippen molar-refractivity contribution in [1.29, 1.82) is 0 Å². The molecule has 4 heteroatoms. The van der Waals surface area contributed by atoms with Gasteiger partial charge in [0.2, 0.25) is 0 Å². The molecule has 3 nitrogen and oxygen atoms in total. The van der Waals surface area contributed by atoms with E-state index in [4.69, 9.17) is 0 Å². The average Bonchev–Trinajstić information content (AvgIpc) is 2.33. The van der Waals surface area contributed by atoms with E-state index in [-0.39, 0.29) is 4.92 Å². The summed E-state index contributed by atoms with van der Waals surface area (Å²) in [7, 11) is 0. The van der Waals surface area contributed by atoms with E-state index in [1.165, 1.54) is 0 Å². The summed E-state index contributed by atoms with van der Waals surface area (Å²) in [4.78, 5) is 10.1. The number of nitrogens with zero attached hydrogens (tertiary/aromatic N) is 1. The Morgan fingerprint density at radius 2 is 2.30 bits per heavy atom. The second-order valence-electron chi connectivity index (χ2n) is 2.18. The molecule has 0 spiro atoms. The van der Waals surface area contributed by atoms with Crippen LogP contribution >= 0.6 is 0 Å². The molecule has 0 amide bonds. The molecule has 0 fully saturated rings. The minimum absolute atomic E-state index is 0.215. The first-order valence-corrected chi connectivity index (χ1v) is 5.73. The SMILES string of the molecule is C[Se]C1=C([N+](=O)[O-])CCC1. The van der Waals surface area contributed by atoms with Crippen LogP contribution in [0.3, 0.4) is 0 Å². The van der Waals surface area contributed by atoms with E-state index >= 15 is 0 Å². The zero-order valence-electron chi connectivity index (χ0n) is 5.79. The van der Waals surface area contributed by atoms with E-state index in [2.05, 4.69) is 0 Å². The van der Waals surface area contributed by atoms with E-state index in [0.29, 0.717) is 27.1 Å². The van der Waals surface area contributed by atoms with Crippen molar-refractivity contribution in [3.8, 4) is 0 Å². The van der Waals surface area contributed by atoms with Gasteiger partial charge in [0.15, 0.2) is 0 Å².